The summed E-state index contributed by atoms with van der Waals surface area (Å²) in [7, 11) is 0. The van der Waals surface area contributed by atoms with Gasteiger partial charge in [0.05, 0.1) is 0 Å². The van der Waals surface area contributed by atoms with E-state index in [1.807, 2.05) is 20.8 Å². The van der Waals surface area contributed by atoms with Crippen molar-refractivity contribution in [2.75, 3.05) is 0 Å². The van der Waals surface area contributed by atoms with Gasteiger partial charge in [-0.05, 0) is 57.1 Å². The van der Waals surface area contributed by atoms with Crippen LogP contribution in [0.5, 0.6) is 0 Å². The van der Waals surface area contributed by atoms with Crippen molar-refractivity contribution in [3.8, 4) is 0 Å². The van der Waals surface area contributed by atoms with Crippen LogP contribution >= 0.6 is 0 Å². The zero-order valence-corrected chi connectivity index (χ0v) is 20.9. The van der Waals surface area contributed by atoms with Crippen molar-refractivity contribution < 1.29 is 14.4 Å². The molecule has 1 aromatic rings. The number of primary amides is 1. The van der Waals surface area contributed by atoms with Crippen LogP contribution in [0.2, 0.25) is 0 Å². The summed E-state index contributed by atoms with van der Waals surface area (Å²) in [4.78, 5) is 36.6. The van der Waals surface area contributed by atoms with E-state index in [-0.39, 0.29) is 24.2 Å². The zero-order chi connectivity index (χ0) is 24.4. The molecule has 0 aromatic heterocycles. The number of hydrogen-bond acceptors (Lipinski definition) is 3. The highest BCUT2D eigenvalue weighted by Gasteiger charge is 2.25. The average molecular weight is 458 g/mol. The molecule has 0 saturated heterocycles. The number of nitrogens with one attached hydrogen (secondary N) is 2. The van der Waals surface area contributed by atoms with E-state index >= 15 is 0 Å². The average Bonchev–Trinajstić information content (AvgIpc) is 2.76. The van der Waals surface area contributed by atoms with Gasteiger partial charge in [0.2, 0.25) is 17.7 Å². The molecular formula is C27H43N3O3. The molecule has 33 heavy (non-hydrogen) atoms. The predicted octanol–water partition coefficient (Wildman–Crippen LogP) is 4.04. The molecule has 4 N–H and O–H groups in total. The molecule has 0 radical (unpaired) electrons. The summed E-state index contributed by atoms with van der Waals surface area (Å²) < 4.78 is 0. The Kier molecular flexibility index (Phi) is 10.4. The second kappa shape index (κ2) is 12.8. The maximum Gasteiger partial charge on any atom is 0.243 e. The maximum absolute atomic E-state index is 12.9. The fraction of sp³-hybridized carbons (Fsp3) is 0.667. The van der Waals surface area contributed by atoms with Crippen molar-refractivity contribution in [2.24, 2.45) is 17.6 Å². The summed E-state index contributed by atoms with van der Waals surface area (Å²) in [6.07, 6.45) is 10.1. The van der Waals surface area contributed by atoms with Crippen LogP contribution in [0.4, 0.5) is 0 Å². The van der Waals surface area contributed by atoms with Gasteiger partial charge >= 0.3 is 0 Å². The molecule has 3 amide bonds. The minimum atomic E-state index is -0.673. The fourth-order valence-corrected chi connectivity index (χ4v) is 4.35. The summed E-state index contributed by atoms with van der Waals surface area (Å²) in [6, 6.07) is 7.75. The van der Waals surface area contributed by atoms with E-state index in [2.05, 4.69) is 34.9 Å². The van der Waals surface area contributed by atoms with E-state index in [0.717, 1.165) is 17.9 Å². The van der Waals surface area contributed by atoms with Gasteiger partial charge < -0.3 is 16.4 Å². The Labute approximate surface area is 199 Å². The van der Waals surface area contributed by atoms with Crippen molar-refractivity contribution >= 4 is 17.7 Å². The molecule has 1 aliphatic carbocycles. The highest BCUT2D eigenvalue weighted by Crippen LogP contribution is 2.27. The van der Waals surface area contributed by atoms with Crippen molar-refractivity contribution in [1.29, 1.82) is 0 Å². The summed E-state index contributed by atoms with van der Waals surface area (Å²) >= 11 is 0. The fourth-order valence-electron chi connectivity index (χ4n) is 4.35. The van der Waals surface area contributed by atoms with Gasteiger partial charge in [-0.1, -0.05) is 63.3 Å². The molecule has 1 aliphatic rings. The van der Waals surface area contributed by atoms with Gasteiger partial charge in [0, 0.05) is 24.3 Å². The SMILES string of the molecule is CC(CCC(=O)NC(Cc1ccc(CCC2CCCCC2)cc1)C(=O)NC(C)(C)C)C(N)=O. The van der Waals surface area contributed by atoms with Gasteiger partial charge in [-0.3, -0.25) is 14.4 Å². The van der Waals surface area contributed by atoms with Crippen LogP contribution in [-0.2, 0) is 27.2 Å². The molecule has 2 unspecified atom stereocenters. The molecule has 0 aliphatic heterocycles. The van der Waals surface area contributed by atoms with E-state index in [9.17, 15) is 14.4 Å². The van der Waals surface area contributed by atoms with Gasteiger partial charge in [-0.15, -0.1) is 0 Å². The summed E-state index contributed by atoms with van der Waals surface area (Å²) in [5, 5.41) is 5.83. The van der Waals surface area contributed by atoms with Crippen molar-refractivity contribution in [1.82, 2.24) is 10.6 Å². The first-order chi connectivity index (χ1) is 15.5. The molecule has 2 rings (SSSR count). The summed E-state index contributed by atoms with van der Waals surface area (Å²) in [6.45, 7) is 7.45. The zero-order valence-electron chi connectivity index (χ0n) is 20.9. The lowest BCUT2D eigenvalue weighted by atomic mass is 9.85. The second-order valence-electron chi connectivity index (χ2n) is 10.8. The quantitative estimate of drug-likeness (QED) is 0.467. The number of nitrogens with two attached hydrogens (primary N) is 1. The Morgan fingerprint density at radius 1 is 1.03 bits per heavy atom. The van der Waals surface area contributed by atoms with Gasteiger partial charge in [0.25, 0.3) is 0 Å². The van der Waals surface area contributed by atoms with E-state index < -0.39 is 17.5 Å². The highest BCUT2D eigenvalue weighted by atomic mass is 16.2. The highest BCUT2D eigenvalue weighted by molar-refractivity contribution is 5.88. The lowest BCUT2D eigenvalue weighted by Crippen LogP contribution is -2.53. The largest absolute Gasteiger partial charge is 0.369 e. The minimum absolute atomic E-state index is 0.156. The normalized spacial score (nSPS) is 16.6. The Morgan fingerprint density at radius 2 is 1.64 bits per heavy atom. The Hall–Kier alpha value is -2.37. The van der Waals surface area contributed by atoms with Gasteiger partial charge in [0.15, 0.2) is 0 Å². The number of carbonyl (C=O) groups excluding carboxylic acids is 3. The van der Waals surface area contributed by atoms with Gasteiger partial charge in [0.1, 0.15) is 6.04 Å². The smallest absolute Gasteiger partial charge is 0.243 e. The van der Waals surface area contributed by atoms with E-state index in [1.54, 1.807) is 6.92 Å². The van der Waals surface area contributed by atoms with Crippen molar-refractivity contribution in [3.05, 3.63) is 35.4 Å². The third kappa shape index (κ3) is 10.4. The molecule has 1 aromatic carbocycles. The van der Waals surface area contributed by atoms with Crippen LogP contribution in [0.1, 0.15) is 90.2 Å². The predicted molar refractivity (Wildman–Crippen MR) is 132 cm³/mol. The third-order valence-corrected chi connectivity index (χ3v) is 6.47. The molecule has 184 valence electrons. The van der Waals surface area contributed by atoms with Gasteiger partial charge in [-0.2, -0.15) is 0 Å². The van der Waals surface area contributed by atoms with Crippen LogP contribution in [0.15, 0.2) is 24.3 Å². The number of aryl methyl sites for hydroxylation is 1. The first kappa shape index (κ1) is 26.9. The number of rotatable bonds is 11. The molecular weight excluding hydrogens is 414 g/mol. The van der Waals surface area contributed by atoms with E-state index in [0.29, 0.717) is 12.8 Å². The Morgan fingerprint density at radius 3 is 2.21 bits per heavy atom. The maximum atomic E-state index is 12.9. The third-order valence-electron chi connectivity index (χ3n) is 6.47. The van der Waals surface area contributed by atoms with Crippen LogP contribution < -0.4 is 16.4 Å². The first-order valence-electron chi connectivity index (χ1n) is 12.5. The molecule has 2 atom stereocenters. The Balaban J connectivity index is 1.96. The molecule has 6 heteroatoms. The van der Waals surface area contributed by atoms with Crippen LogP contribution in [0, 0.1) is 11.8 Å². The number of benzene rings is 1. The van der Waals surface area contributed by atoms with Gasteiger partial charge in [-0.25, -0.2) is 0 Å². The lowest BCUT2D eigenvalue weighted by Gasteiger charge is -2.26. The van der Waals surface area contributed by atoms with Crippen LogP contribution in [0.3, 0.4) is 0 Å². The van der Waals surface area contributed by atoms with Crippen LogP contribution in [-0.4, -0.2) is 29.3 Å². The standard InChI is InChI=1S/C27H43N3O3/c1-19(25(28)32)10-17-24(31)29-23(26(33)30-27(2,3)4)18-22-15-13-21(14-16-22)12-11-20-8-6-5-7-9-20/h13-16,19-20,23H,5-12,17-18H2,1-4H3,(H2,28,32)(H,29,31)(H,30,33). The van der Waals surface area contributed by atoms with E-state index in [4.69, 9.17) is 5.73 Å². The van der Waals surface area contributed by atoms with E-state index in [1.165, 1.54) is 44.1 Å². The molecule has 1 saturated carbocycles. The molecule has 6 nitrogen and oxygen atoms in total. The molecule has 0 bridgehead atoms. The number of carbonyl (C=O) groups is 3. The summed E-state index contributed by atoms with van der Waals surface area (Å²) in [5.74, 6) is -0.398. The minimum Gasteiger partial charge on any atom is -0.369 e. The lowest BCUT2D eigenvalue weighted by molar-refractivity contribution is -0.130. The number of amides is 3. The summed E-state index contributed by atoms with van der Waals surface area (Å²) in [5.41, 5.74) is 7.22. The monoisotopic (exact) mass is 457 g/mol. The van der Waals surface area contributed by atoms with Crippen LogP contribution in [0.25, 0.3) is 0 Å². The van der Waals surface area contributed by atoms with Crippen molar-refractivity contribution in [2.45, 2.75) is 103 Å². The topological polar surface area (TPSA) is 101 Å². The van der Waals surface area contributed by atoms with Crippen molar-refractivity contribution in [3.63, 3.8) is 0 Å². The number of hydrogen-bond donors (Lipinski definition) is 3. The molecule has 0 heterocycles. The Bertz CT molecular complexity index is 777. The first-order valence-corrected chi connectivity index (χ1v) is 12.5. The second-order valence-corrected chi connectivity index (χ2v) is 10.8. The molecule has 0 spiro atoms. The molecule has 1 fully saturated rings.